The van der Waals surface area contributed by atoms with Crippen LogP contribution in [0.25, 0.3) is 0 Å². The van der Waals surface area contributed by atoms with Gasteiger partial charge >= 0.3 is 0 Å². The lowest BCUT2D eigenvalue weighted by Crippen LogP contribution is -2.53. The number of carbonyl (C=O) groups excluding carboxylic acids is 2. The minimum Gasteiger partial charge on any atom is -0.352 e. The molecule has 0 unspecified atom stereocenters. The van der Waals surface area contributed by atoms with Crippen molar-refractivity contribution in [3.8, 4) is 0 Å². The average Bonchev–Trinajstić information content (AvgIpc) is 2.87. The van der Waals surface area contributed by atoms with Gasteiger partial charge < -0.3 is 10.2 Å². The summed E-state index contributed by atoms with van der Waals surface area (Å²) in [6, 6.07) is 18.7. The van der Waals surface area contributed by atoms with Gasteiger partial charge in [0, 0.05) is 22.6 Å². The highest BCUT2D eigenvalue weighted by Crippen LogP contribution is 2.27. The van der Waals surface area contributed by atoms with Gasteiger partial charge in [-0.2, -0.15) is 0 Å². The lowest BCUT2D eigenvalue weighted by Gasteiger charge is -2.33. The van der Waals surface area contributed by atoms with Crippen molar-refractivity contribution in [2.45, 2.75) is 57.6 Å². The van der Waals surface area contributed by atoms with Crippen molar-refractivity contribution in [3.63, 3.8) is 0 Å². The first-order valence-corrected chi connectivity index (χ1v) is 14.8. The molecule has 0 spiro atoms. The van der Waals surface area contributed by atoms with E-state index in [1.807, 2.05) is 20.8 Å². The number of hydrogen-bond acceptors (Lipinski definition) is 4. The molecule has 0 heterocycles. The number of aryl methyl sites for hydroxylation is 1. The van der Waals surface area contributed by atoms with Crippen molar-refractivity contribution < 1.29 is 18.0 Å². The molecule has 0 bridgehead atoms. The Hall–Kier alpha value is -3.07. The van der Waals surface area contributed by atoms with Crippen LogP contribution in [0.15, 0.2) is 77.7 Å². The van der Waals surface area contributed by atoms with E-state index in [1.165, 1.54) is 23.1 Å². The molecule has 7 nitrogen and oxygen atoms in total. The zero-order valence-corrected chi connectivity index (χ0v) is 24.7. The Morgan fingerprint density at radius 1 is 0.949 bits per heavy atom. The van der Waals surface area contributed by atoms with Crippen molar-refractivity contribution in [2.24, 2.45) is 0 Å². The van der Waals surface area contributed by atoms with Crippen LogP contribution in [0.4, 0.5) is 5.69 Å². The molecule has 39 heavy (non-hydrogen) atoms. The van der Waals surface area contributed by atoms with Crippen molar-refractivity contribution in [1.29, 1.82) is 0 Å². The van der Waals surface area contributed by atoms with E-state index in [0.717, 1.165) is 9.87 Å². The first kappa shape index (κ1) is 30.5. The molecule has 0 aliphatic heterocycles. The summed E-state index contributed by atoms with van der Waals surface area (Å²) in [6.07, 6.45) is 0.316. The number of anilines is 1. The molecule has 3 aromatic rings. The quantitative estimate of drug-likeness (QED) is 0.305. The largest absolute Gasteiger partial charge is 0.352 e. The van der Waals surface area contributed by atoms with Crippen LogP contribution in [0.3, 0.4) is 0 Å². The van der Waals surface area contributed by atoms with E-state index in [9.17, 15) is 18.0 Å². The molecule has 10 heteroatoms. The molecule has 0 aliphatic rings. The number of rotatable bonds is 11. The Morgan fingerprint density at radius 3 is 2.21 bits per heavy atom. The fraction of sp³-hybridized carbons (Fsp3) is 0.310. The molecule has 0 fully saturated rings. The molecule has 2 amide bonds. The van der Waals surface area contributed by atoms with Gasteiger partial charge in [0.2, 0.25) is 11.8 Å². The summed E-state index contributed by atoms with van der Waals surface area (Å²) in [6.45, 7) is 6.80. The van der Waals surface area contributed by atoms with Crippen LogP contribution in [0, 0.1) is 6.92 Å². The molecule has 3 rings (SSSR count). The first-order valence-electron chi connectivity index (χ1n) is 12.6. The number of amides is 2. The van der Waals surface area contributed by atoms with E-state index in [2.05, 4.69) is 5.32 Å². The predicted octanol–water partition coefficient (Wildman–Crippen LogP) is 5.83. The zero-order chi connectivity index (χ0) is 28.7. The van der Waals surface area contributed by atoms with Gasteiger partial charge in [-0.3, -0.25) is 13.9 Å². The second kappa shape index (κ2) is 13.3. The predicted molar refractivity (Wildman–Crippen MR) is 157 cm³/mol. The van der Waals surface area contributed by atoms with Gasteiger partial charge in [0.25, 0.3) is 10.0 Å². The Morgan fingerprint density at radius 2 is 1.62 bits per heavy atom. The summed E-state index contributed by atoms with van der Waals surface area (Å²) >= 11 is 12.6. The monoisotopic (exact) mass is 589 g/mol. The van der Waals surface area contributed by atoms with Crippen LogP contribution in [-0.2, 0) is 26.2 Å². The van der Waals surface area contributed by atoms with E-state index < -0.39 is 28.5 Å². The fourth-order valence-electron chi connectivity index (χ4n) is 4.11. The summed E-state index contributed by atoms with van der Waals surface area (Å²) in [5.41, 5.74) is 1.76. The summed E-state index contributed by atoms with van der Waals surface area (Å²) in [7, 11) is -4.17. The average molecular weight is 591 g/mol. The minimum atomic E-state index is -4.17. The lowest BCUT2D eigenvalue weighted by atomic mass is 10.1. The molecule has 1 N–H and O–H groups in total. The maximum absolute atomic E-state index is 14.0. The summed E-state index contributed by atoms with van der Waals surface area (Å²) in [4.78, 5) is 28.6. The van der Waals surface area contributed by atoms with Crippen LogP contribution in [0.2, 0.25) is 10.0 Å². The Kier molecular flexibility index (Phi) is 10.4. The molecule has 3 aromatic carbocycles. The maximum Gasteiger partial charge on any atom is 0.264 e. The number of hydrogen-bond donors (Lipinski definition) is 1. The molecule has 1 atom stereocenters. The molecule has 0 radical (unpaired) electrons. The fourth-order valence-corrected chi connectivity index (χ4v) is 5.89. The Bertz CT molecular complexity index is 1410. The summed E-state index contributed by atoms with van der Waals surface area (Å²) < 4.78 is 28.7. The zero-order valence-electron chi connectivity index (χ0n) is 22.4. The van der Waals surface area contributed by atoms with E-state index >= 15 is 0 Å². The van der Waals surface area contributed by atoms with E-state index in [-0.39, 0.29) is 29.1 Å². The van der Waals surface area contributed by atoms with Gasteiger partial charge in [-0.25, -0.2) is 8.42 Å². The maximum atomic E-state index is 14.0. The highest BCUT2D eigenvalue weighted by Gasteiger charge is 2.34. The molecule has 0 saturated heterocycles. The van der Waals surface area contributed by atoms with Gasteiger partial charge in [0.05, 0.1) is 10.6 Å². The number of carbonyl (C=O) groups is 2. The van der Waals surface area contributed by atoms with Gasteiger partial charge in [-0.1, -0.05) is 72.1 Å². The van der Waals surface area contributed by atoms with Gasteiger partial charge in [-0.15, -0.1) is 0 Å². The highest BCUT2D eigenvalue weighted by molar-refractivity contribution is 7.92. The minimum absolute atomic E-state index is 0.0243. The van der Waals surface area contributed by atoms with Crippen molar-refractivity contribution in [1.82, 2.24) is 10.2 Å². The molecule has 0 aromatic heterocycles. The van der Waals surface area contributed by atoms with Crippen molar-refractivity contribution in [3.05, 3.63) is 94.0 Å². The third-order valence-electron chi connectivity index (χ3n) is 6.10. The van der Waals surface area contributed by atoms with Crippen molar-refractivity contribution in [2.75, 3.05) is 10.8 Å². The third kappa shape index (κ3) is 7.75. The molecular weight excluding hydrogens is 557 g/mol. The standard InChI is InChI=1S/C29H33Cl2N3O4S/c1-5-27(29(36)32-20(2)3)33(18-22-9-6-7-12-26(22)31)28(35)19-34(24-11-8-10-23(30)17-24)39(37,38)25-15-13-21(4)14-16-25/h6-17,20,27H,5,18-19H2,1-4H3,(H,32,36)/t27-/m0/s1. The second-order valence-corrected chi connectivity index (χ2v) is 12.2. The third-order valence-corrected chi connectivity index (χ3v) is 8.49. The topological polar surface area (TPSA) is 86.8 Å². The first-order chi connectivity index (χ1) is 18.4. The Balaban J connectivity index is 2.08. The normalized spacial score (nSPS) is 12.2. The highest BCUT2D eigenvalue weighted by atomic mass is 35.5. The van der Waals surface area contributed by atoms with E-state index in [4.69, 9.17) is 23.2 Å². The van der Waals surface area contributed by atoms with E-state index in [1.54, 1.807) is 61.5 Å². The summed E-state index contributed by atoms with van der Waals surface area (Å²) in [5.74, 6) is -0.889. The van der Waals surface area contributed by atoms with Gasteiger partial charge in [-0.05, 0) is 69.2 Å². The molecule has 0 saturated carbocycles. The number of benzene rings is 3. The number of sulfonamides is 1. The number of nitrogens with one attached hydrogen (secondary N) is 1. The van der Waals surface area contributed by atoms with Gasteiger partial charge in [0.15, 0.2) is 0 Å². The van der Waals surface area contributed by atoms with Crippen LogP contribution >= 0.6 is 23.2 Å². The van der Waals surface area contributed by atoms with E-state index in [0.29, 0.717) is 22.0 Å². The van der Waals surface area contributed by atoms with Crippen molar-refractivity contribution >= 4 is 50.7 Å². The Labute approximate surface area is 240 Å². The van der Waals surface area contributed by atoms with Crippen LogP contribution < -0.4 is 9.62 Å². The molecular formula is C29H33Cl2N3O4S. The lowest BCUT2D eigenvalue weighted by molar-refractivity contribution is -0.140. The van der Waals surface area contributed by atoms with Crippen LogP contribution in [0.1, 0.15) is 38.3 Å². The number of halogens is 2. The summed E-state index contributed by atoms with van der Waals surface area (Å²) in [5, 5.41) is 3.63. The SMILES string of the molecule is CC[C@@H](C(=O)NC(C)C)N(Cc1ccccc1Cl)C(=O)CN(c1cccc(Cl)c1)S(=O)(=O)c1ccc(C)cc1. The van der Waals surface area contributed by atoms with Crippen LogP contribution in [0.5, 0.6) is 0 Å². The van der Waals surface area contributed by atoms with Gasteiger partial charge in [0.1, 0.15) is 12.6 Å². The second-order valence-electron chi connectivity index (χ2n) is 9.50. The molecule has 0 aliphatic carbocycles. The smallest absolute Gasteiger partial charge is 0.264 e. The molecule has 208 valence electrons. The number of nitrogens with zero attached hydrogens (tertiary/aromatic N) is 2. The van der Waals surface area contributed by atoms with Crippen LogP contribution in [-0.4, -0.2) is 43.8 Å².